The predicted octanol–water partition coefficient (Wildman–Crippen LogP) is 6.90. The molecule has 3 aromatic rings. The van der Waals surface area contributed by atoms with Crippen molar-refractivity contribution in [3.8, 4) is 0 Å². The number of carbonyl (C=O) groups is 2. The van der Waals surface area contributed by atoms with Gasteiger partial charge in [0.1, 0.15) is 0 Å². The van der Waals surface area contributed by atoms with Crippen molar-refractivity contribution in [2.45, 2.75) is 80.1 Å². The second-order valence-corrected chi connectivity index (χ2v) is 11.0. The average Bonchev–Trinajstić information content (AvgIpc) is 3.59. The Bertz CT molecular complexity index is 1860. The number of aryl methyl sites for hydroxylation is 4. The summed E-state index contributed by atoms with van der Waals surface area (Å²) in [6.07, 6.45) is 2.23. The fourth-order valence-corrected chi connectivity index (χ4v) is 6.06. The SMILES string of the molecule is CCC1=C(C)c2cc3[n-]c(cc4[n-]c(cc5nc(cc1n2)C(C)=C5CC)c(C)c4CCC(=O)O)c(CCC(=O)O)c3C.[Ni+2]. The number of carboxylic acids is 2. The fourth-order valence-electron chi connectivity index (χ4n) is 6.06. The third kappa shape index (κ3) is 6.09. The molecular weight excluding hydrogens is 587 g/mol. The summed E-state index contributed by atoms with van der Waals surface area (Å²) >= 11 is 0. The molecular formula is C34H36N4NiO4. The largest absolute Gasteiger partial charge is 2.00 e. The number of rotatable bonds is 8. The molecule has 43 heavy (non-hydrogen) atoms. The molecule has 226 valence electrons. The van der Waals surface area contributed by atoms with Gasteiger partial charge in [-0.05, 0) is 81.7 Å². The molecule has 2 aliphatic heterocycles. The van der Waals surface area contributed by atoms with Crippen LogP contribution < -0.4 is 9.97 Å². The van der Waals surface area contributed by atoms with Gasteiger partial charge in [0.05, 0.1) is 22.8 Å². The van der Waals surface area contributed by atoms with E-state index in [1.165, 1.54) is 5.57 Å². The first-order valence-electron chi connectivity index (χ1n) is 14.5. The number of allylic oxidation sites excluding steroid dienone is 4. The fraction of sp³-hybridized carbons (Fsp3) is 0.353. The number of hydrogen-bond donors (Lipinski definition) is 2. The summed E-state index contributed by atoms with van der Waals surface area (Å²) in [6, 6.07) is 7.93. The molecule has 0 aliphatic carbocycles. The summed E-state index contributed by atoms with van der Waals surface area (Å²) in [7, 11) is 0. The Morgan fingerprint density at radius 1 is 0.628 bits per heavy atom. The summed E-state index contributed by atoms with van der Waals surface area (Å²) in [5.74, 6) is -1.76. The van der Waals surface area contributed by atoms with Crippen molar-refractivity contribution in [3.05, 3.63) is 69.3 Å². The number of carboxylic acid groups (broad SMARTS) is 2. The Morgan fingerprint density at radius 3 is 1.44 bits per heavy atom. The molecule has 5 heterocycles. The monoisotopic (exact) mass is 622 g/mol. The molecule has 8 bridgehead atoms. The topological polar surface area (TPSA) is 129 Å². The van der Waals surface area contributed by atoms with E-state index in [1.54, 1.807) is 0 Å². The number of aliphatic carboxylic acids is 2. The van der Waals surface area contributed by atoms with E-state index in [2.05, 4.69) is 33.8 Å². The number of hydrogen-bond acceptors (Lipinski definition) is 4. The van der Waals surface area contributed by atoms with Crippen LogP contribution in [0.2, 0.25) is 0 Å². The normalized spacial score (nSPS) is 13.0. The third-order valence-corrected chi connectivity index (χ3v) is 8.53. The summed E-state index contributed by atoms with van der Waals surface area (Å²) in [5.41, 5.74) is 14.3. The number of nitrogens with zero attached hydrogens (tertiary/aromatic N) is 4. The minimum atomic E-state index is -0.878. The van der Waals surface area contributed by atoms with Crippen molar-refractivity contribution < 1.29 is 36.3 Å². The quantitative estimate of drug-likeness (QED) is 0.259. The van der Waals surface area contributed by atoms with E-state index in [4.69, 9.17) is 19.9 Å². The Balaban J connectivity index is 0.00000423. The Labute approximate surface area is 261 Å². The minimum absolute atomic E-state index is 0. The van der Waals surface area contributed by atoms with Gasteiger partial charge in [0, 0.05) is 12.8 Å². The molecule has 8 nitrogen and oxygen atoms in total. The second kappa shape index (κ2) is 12.7. The van der Waals surface area contributed by atoms with E-state index >= 15 is 0 Å². The second-order valence-electron chi connectivity index (χ2n) is 11.0. The van der Waals surface area contributed by atoms with Crippen LogP contribution in [0.1, 0.15) is 98.4 Å². The minimum Gasteiger partial charge on any atom is -0.657 e. The first kappa shape index (κ1) is 32.0. The van der Waals surface area contributed by atoms with Crippen molar-refractivity contribution in [1.29, 1.82) is 0 Å². The van der Waals surface area contributed by atoms with Crippen LogP contribution in [-0.4, -0.2) is 32.1 Å². The molecule has 0 saturated carbocycles. The van der Waals surface area contributed by atoms with E-state index in [9.17, 15) is 19.8 Å². The third-order valence-electron chi connectivity index (χ3n) is 8.53. The number of aromatic nitrogens is 4. The van der Waals surface area contributed by atoms with Crippen molar-refractivity contribution in [1.82, 2.24) is 19.9 Å². The summed E-state index contributed by atoms with van der Waals surface area (Å²) in [5, 5.41) is 18.9. The van der Waals surface area contributed by atoms with E-state index in [0.29, 0.717) is 23.9 Å². The molecule has 0 radical (unpaired) electrons. The van der Waals surface area contributed by atoms with Gasteiger partial charge in [-0.2, -0.15) is 0 Å². The van der Waals surface area contributed by atoms with Crippen molar-refractivity contribution in [2.75, 3.05) is 0 Å². The van der Waals surface area contributed by atoms with E-state index < -0.39 is 11.9 Å². The van der Waals surface area contributed by atoms with Gasteiger partial charge in [-0.1, -0.05) is 54.3 Å². The summed E-state index contributed by atoms with van der Waals surface area (Å²) in [4.78, 5) is 43.1. The van der Waals surface area contributed by atoms with Gasteiger partial charge >= 0.3 is 28.4 Å². The van der Waals surface area contributed by atoms with Crippen LogP contribution >= 0.6 is 0 Å². The van der Waals surface area contributed by atoms with Gasteiger partial charge in [0.15, 0.2) is 0 Å². The zero-order chi connectivity index (χ0) is 30.3. The van der Waals surface area contributed by atoms with Gasteiger partial charge in [-0.3, -0.25) is 9.59 Å². The molecule has 0 aromatic carbocycles. The van der Waals surface area contributed by atoms with Crippen LogP contribution in [0.15, 0.2) is 24.3 Å². The van der Waals surface area contributed by atoms with Gasteiger partial charge < -0.3 is 20.2 Å². The first-order valence-corrected chi connectivity index (χ1v) is 14.5. The van der Waals surface area contributed by atoms with Gasteiger partial charge in [-0.15, -0.1) is 22.1 Å². The van der Waals surface area contributed by atoms with Gasteiger partial charge in [-0.25, -0.2) is 9.97 Å². The van der Waals surface area contributed by atoms with Crippen molar-refractivity contribution in [3.63, 3.8) is 0 Å². The molecule has 0 unspecified atom stereocenters. The van der Waals surface area contributed by atoms with E-state index in [0.717, 1.165) is 85.6 Å². The maximum absolute atomic E-state index is 11.5. The average molecular weight is 623 g/mol. The maximum atomic E-state index is 11.5. The van der Waals surface area contributed by atoms with E-state index in [1.807, 2.05) is 32.0 Å². The van der Waals surface area contributed by atoms with Gasteiger partial charge in [0.2, 0.25) is 0 Å². The van der Waals surface area contributed by atoms with Crippen LogP contribution in [0.25, 0.3) is 44.4 Å². The molecule has 0 amide bonds. The molecule has 9 heteroatoms. The molecule has 0 spiro atoms. The summed E-state index contributed by atoms with van der Waals surface area (Å²) in [6.45, 7) is 12.3. The van der Waals surface area contributed by atoms with E-state index in [-0.39, 0.29) is 29.3 Å². The summed E-state index contributed by atoms with van der Waals surface area (Å²) < 4.78 is 0. The molecule has 2 N–H and O–H groups in total. The van der Waals surface area contributed by atoms with Crippen molar-refractivity contribution >= 4 is 56.3 Å². The van der Waals surface area contributed by atoms with Crippen LogP contribution in [0, 0.1) is 13.8 Å². The van der Waals surface area contributed by atoms with Crippen LogP contribution in [0.5, 0.6) is 0 Å². The van der Waals surface area contributed by atoms with Crippen LogP contribution in [0.4, 0.5) is 0 Å². The first-order chi connectivity index (χ1) is 20.0. The molecule has 0 saturated heterocycles. The zero-order valence-electron chi connectivity index (χ0n) is 25.4. The zero-order valence-corrected chi connectivity index (χ0v) is 26.4. The predicted molar refractivity (Wildman–Crippen MR) is 166 cm³/mol. The maximum Gasteiger partial charge on any atom is 2.00 e. The molecule has 0 atom stereocenters. The van der Waals surface area contributed by atoms with Crippen LogP contribution in [0.3, 0.4) is 0 Å². The van der Waals surface area contributed by atoms with Gasteiger partial charge in [0.25, 0.3) is 0 Å². The molecule has 5 rings (SSSR count). The van der Waals surface area contributed by atoms with Crippen molar-refractivity contribution in [2.24, 2.45) is 0 Å². The van der Waals surface area contributed by atoms with Crippen LogP contribution in [-0.2, 0) is 38.9 Å². The molecule has 2 aliphatic rings. The number of fused-ring (bicyclic) bond motifs is 8. The molecule has 3 aromatic heterocycles. The Morgan fingerprint density at radius 2 is 1.02 bits per heavy atom. The smallest absolute Gasteiger partial charge is 0.657 e. The standard InChI is InChI=1S/C34H38N4O4.Ni/c1-7-21-17(3)25-13-26-19(5)23(9-11-33(39)40)31(37-26)16-32-24(10-12-34(41)42)20(6)28(38-32)15-30-22(8-2)18(4)27(36-30)14-29(21)35-25;/h13-16H,7-12H2,1-6H3,(H4,35,36,37,38,39,40,41,42);/q;+2/p-2. The Kier molecular flexibility index (Phi) is 9.45. The molecule has 0 fully saturated rings. The Hall–Kier alpha value is -3.97.